The minimum Gasteiger partial charge on any atom is -0.489 e. The van der Waals surface area contributed by atoms with Gasteiger partial charge in [0.1, 0.15) is 18.5 Å². The molecule has 6 rings (SSSR count). The summed E-state index contributed by atoms with van der Waals surface area (Å²) in [5, 5.41) is 4.44. The Balaban J connectivity index is 0.996. The summed E-state index contributed by atoms with van der Waals surface area (Å²) >= 11 is 0. The normalized spacial score (nSPS) is 22.5. The molecule has 11 nitrogen and oxygen atoms in total. The monoisotopic (exact) mass is 535 g/mol. The first-order chi connectivity index (χ1) is 19.3. The molecule has 3 aliphatic rings. The minimum atomic E-state index is 0.113. The average Bonchev–Trinajstić information content (AvgIpc) is 3.00. The van der Waals surface area contributed by atoms with E-state index in [1.807, 2.05) is 18.3 Å². The van der Waals surface area contributed by atoms with Crippen molar-refractivity contribution in [3.05, 3.63) is 36.8 Å². The summed E-state index contributed by atoms with van der Waals surface area (Å²) in [6, 6.07) is 6.33. The van der Waals surface area contributed by atoms with E-state index in [0.717, 1.165) is 88.3 Å². The Morgan fingerprint density at radius 3 is 2.44 bits per heavy atom. The van der Waals surface area contributed by atoms with Crippen molar-refractivity contribution in [2.45, 2.75) is 37.8 Å². The number of fused-ring (bicyclic) bond motifs is 1. The maximum absolute atomic E-state index is 6.50. The molecule has 11 heteroatoms. The first kappa shape index (κ1) is 26.0. The van der Waals surface area contributed by atoms with E-state index in [1.54, 1.807) is 12.4 Å². The van der Waals surface area contributed by atoms with Crippen LogP contribution >= 0.6 is 0 Å². The van der Waals surface area contributed by atoms with Crippen LogP contribution in [0, 0.1) is 0 Å². The van der Waals surface area contributed by atoms with Crippen LogP contribution in [0.25, 0.3) is 10.9 Å². The SMILES string of the molecule is c1cnc2cc(N3CCOCC3)nc(OC3CCC(Nc4ncc(OCCN5CCOCC5)cn4)CC3)c2c1. The number of aromatic nitrogens is 4. The molecule has 0 unspecified atom stereocenters. The molecule has 3 aromatic heterocycles. The zero-order chi connectivity index (χ0) is 26.3. The van der Waals surface area contributed by atoms with Crippen LogP contribution in [0.15, 0.2) is 36.8 Å². The van der Waals surface area contributed by atoms with E-state index < -0.39 is 0 Å². The second-order valence-electron chi connectivity index (χ2n) is 10.2. The first-order valence-corrected chi connectivity index (χ1v) is 14.1. The molecule has 0 spiro atoms. The van der Waals surface area contributed by atoms with Crippen molar-refractivity contribution in [1.82, 2.24) is 24.8 Å². The lowest BCUT2D eigenvalue weighted by Gasteiger charge is -2.31. The number of anilines is 2. The third-order valence-corrected chi connectivity index (χ3v) is 7.58. The summed E-state index contributed by atoms with van der Waals surface area (Å²) in [5.41, 5.74) is 0.907. The summed E-state index contributed by atoms with van der Waals surface area (Å²) in [5.74, 6) is 2.91. The summed E-state index contributed by atoms with van der Waals surface area (Å²) < 4.78 is 23.2. The van der Waals surface area contributed by atoms with Crippen LogP contribution in [0.3, 0.4) is 0 Å². The quantitative estimate of drug-likeness (QED) is 0.437. The van der Waals surface area contributed by atoms with Crippen LogP contribution in [-0.4, -0.2) is 103 Å². The molecule has 0 amide bonds. The van der Waals surface area contributed by atoms with Gasteiger partial charge in [0.05, 0.1) is 49.7 Å². The molecule has 1 saturated carbocycles. The average molecular weight is 536 g/mol. The summed E-state index contributed by atoms with van der Waals surface area (Å²) in [6.07, 6.45) is 9.25. The van der Waals surface area contributed by atoms with Gasteiger partial charge in [-0.2, -0.15) is 4.98 Å². The number of nitrogens with one attached hydrogen (secondary N) is 1. The van der Waals surface area contributed by atoms with E-state index in [-0.39, 0.29) is 6.10 Å². The van der Waals surface area contributed by atoms with Crippen LogP contribution in [0.1, 0.15) is 25.7 Å². The number of morpholine rings is 2. The molecule has 5 heterocycles. The summed E-state index contributed by atoms with van der Waals surface area (Å²) in [7, 11) is 0. The van der Waals surface area contributed by atoms with Gasteiger partial charge < -0.3 is 29.2 Å². The Hall–Kier alpha value is -3.28. The Kier molecular flexibility index (Phi) is 8.47. The fraction of sp³-hybridized carbons (Fsp3) is 0.571. The van der Waals surface area contributed by atoms with Crippen molar-refractivity contribution in [3.63, 3.8) is 0 Å². The van der Waals surface area contributed by atoms with E-state index >= 15 is 0 Å². The lowest BCUT2D eigenvalue weighted by Crippen LogP contribution is -2.38. The van der Waals surface area contributed by atoms with Gasteiger partial charge in [0.25, 0.3) is 0 Å². The van der Waals surface area contributed by atoms with Crippen LogP contribution in [0.4, 0.5) is 11.8 Å². The molecular formula is C28H37N7O4. The van der Waals surface area contributed by atoms with Crippen molar-refractivity contribution >= 4 is 22.7 Å². The Morgan fingerprint density at radius 2 is 1.67 bits per heavy atom. The van der Waals surface area contributed by atoms with Crippen LogP contribution in [-0.2, 0) is 9.47 Å². The van der Waals surface area contributed by atoms with E-state index in [9.17, 15) is 0 Å². The fourth-order valence-electron chi connectivity index (χ4n) is 5.32. The number of hydrogen-bond acceptors (Lipinski definition) is 11. The molecular weight excluding hydrogens is 498 g/mol. The molecule has 0 radical (unpaired) electrons. The largest absolute Gasteiger partial charge is 0.489 e. The lowest BCUT2D eigenvalue weighted by molar-refractivity contribution is 0.0322. The van der Waals surface area contributed by atoms with Crippen molar-refractivity contribution in [2.24, 2.45) is 0 Å². The van der Waals surface area contributed by atoms with Gasteiger partial charge in [-0.15, -0.1) is 0 Å². The van der Waals surface area contributed by atoms with Gasteiger partial charge in [0.15, 0.2) is 5.75 Å². The highest BCUT2D eigenvalue weighted by Crippen LogP contribution is 2.31. The first-order valence-electron chi connectivity index (χ1n) is 14.1. The second-order valence-corrected chi connectivity index (χ2v) is 10.2. The topological polar surface area (TPSA) is 107 Å². The van der Waals surface area contributed by atoms with Gasteiger partial charge in [-0.3, -0.25) is 9.88 Å². The molecule has 1 N–H and O–H groups in total. The number of nitrogens with zero attached hydrogens (tertiary/aromatic N) is 6. The van der Waals surface area contributed by atoms with Crippen LogP contribution < -0.4 is 19.7 Å². The highest BCUT2D eigenvalue weighted by Gasteiger charge is 2.25. The van der Waals surface area contributed by atoms with Gasteiger partial charge in [-0.05, 0) is 37.8 Å². The molecule has 3 aromatic rings. The van der Waals surface area contributed by atoms with Gasteiger partial charge in [-0.1, -0.05) is 0 Å². The fourth-order valence-corrected chi connectivity index (χ4v) is 5.32. The molecule has 39 heavy (non-hydrogen) atoms. The van der Waals surface area contributed by atoms with Crippen LogP contribution in [0.5, 0.6) is 11.6 Å². The zero-order valence-corrected chi connectivity index (χ0v) is 22.3. The Bertz CT molecular complexity index is 1190. The molecule has 2 aliphatic heterocycles. The Morgan fingerprint density at radius 1 is 0.923 bits per heavy atom. The summed E-state index contributed by atoms with van der Waals surface area (Å²) in [4.78, 5) is 23.0. The van der Waals surface area contributed by atoms with Crippen molar-refractivity contribution in [2.75, 3.05) is 76.0 Å². The van der Waals surface area contributed by atoms with E-state index in [4.69, 9.17) is 23.9 Å². The van der Waals surface area contributed by atoms with E-state index in [2.05, 4.69) is 36.1 Å². The minimum absolute atomic E-state index is 0.113. The van der Waals surface area contributed by atoms with Crippen molar-refractivity contribution in [3.8, 4) is 11.6 Å². The molecule has 208 valence electrons. The zero-order valence-electron chi connectivity index (χ0n) is 22.3. The smallest absolute Gasteiger partial charge is 0.225 e. The number of pyridine rings is 2. The number of hydrogen-bond donors (Lipinski definition) is 1. The second kappa shape index (κ2) is 12.7. The molecule has 0 aromatic carbocycles. The third kappa shape index (κ3) is 6.84. The third-order valence-electron chi connectivity index (χ3n) is 7.58. The molecule has 0 bridgehead atoms. The van der Waals surface area contributed by atoms with Gasteiger partial charge in [-0.25, -0.2) is 9.97 Å². The molecule has 0 atom stereocenters. The highest BCUT2D eigenvalue weighted by molar-refractivity contribution is 5.85. The van der Waals surface area contributed by atoms with E-state index in [0.29, 0.717) is 43.4 Å². The molecule has 3 fully saturated rings. The van der Waals surface area contributed by atoms with Gasteiger partial charge >= 0.3 is 0 Å². The highest BCUT2D eigenvalue weighted by atomic mass is 16.5. The maximum Gasteiger partial charge on any atom is 0.225 e. The van der Waals surface area contributed by atoms with Crippen molar-refractivity contribution < 1.29 is 18.9 Å². The van der Waals surface area contributed by atoms with Gasteiger partial charge in [0, 0.05) is 51.0 Å². The van der Waals surface area contributed by atoms with Crippen molar-refractivity contribution in [1.29, 1.82) is 0 Å². The predicted octanol–water partition coefficient (Wildman–Crippen LogP) is 2.77. The molecule has 1 aliphatic carbocycles. The van der Waals surface area contributed by atoms with E-state index in [1.165, 1.54) is 0 Å². The van der Waals surface area contributed by atoms with Gasteiger partial charge in [0.2, 0.25) is 11.8 Å². The standard InChI is InChI=1S/C28H37N7O4/c1-2-24-25(29-7-1)18-26(35-11-15-37-16-12-35)33-27(24)39-22-5-3-21(4-6-22)32-28-30-19-23(20-31-28)38-17-10-34-8-13-36-14-9-34/h1-2,7,18-22H,3-6,8-17H2,(H,30,31,32). The maximum atomic E-state index is 6.50. The summed E-state index contributed by atoms with van der Waals surface area (Å²) in [6.45, 7) is 8.09. The predicted molar refractivity (Wildman–Crippen MR) is 148 cm³/mol. The van der Waals surface area contributed by atoms with Crippen LogP contribution in [0.2, 0.25) is 0 Å². The number of ether oxygens (including phenoxy) is 4. The molecule has 2 saturated heterocycles. The number of rotatable bonds is 9. The lowest BCUT2D eigenvalue weighted by atomic mass is 9.93. The Labute approximate surface area is 228 Å².